The Morgan fingerprint density at radius 1 is 1.33 bits per heavy atom. The van der Waals surface area contributed by atoms with Crippen LogP contribution in [0.25, 0.3) is 0 Å². The first-order valence-corrected chi connectivity index (χ1v) is 4.17. The topological polar surface area (TPSA) is 3.24 Å². The first-order chi connectivity index (χ1) is 5.38. The van der Waals surface area contributed by atoms with E-state index in [0.717, 1.165) is 0 Å². The molecule has 0 saturated carbocycles. The highest BCUT2D eigenvalue weighted by molar-refractivity contribution is 4.82. The van der Waals surface area contributed by atoms with Crippen molar-refractivity contribution in [1.82, 2.24) is 4.90 Å². The van der Waals surface area contributed by atoms with Gasteiger partial charge in [-0.3, -0.25) is 4.90 Å². The van der Waals surface area contributed by atoms with Crippen molar-refractivity contribution in [2.45, 2.75) is 20.0 Å². The lowest BCUT2D eigenvalue weighted by atomic mass is 9.88. The van der Waals surface area contributed by atoms with Crippen molar-refractivity contribution < 1.29 is 13.2 Å². The molecule has 1 rings (SSSR count). The predicted octanol–water partition coefficient (Wildman–Crippen LogP) is 2.14. The van der Waals surface area contributed by atoms with E-state index in [2.05, 4.69) is 13.8 Å². The van der Waals surface area contributed by atoms with Crippen molar-refractivity contribution >= 4 is 0 Å². The molecule has 0 aliphatic carbocycles. The van der Waals surface area contributed by atoms with Gasteiger partial charge < -0.3 is 0 Å². The van der Waals surface area contributed by atoms with E-state index in [1.54, 1.807) is 0 Å². The maximum atomic E-state index is 11.8. The first-order valence-electron chi connectivity index (χ1n) is 4.17. The van der Waals surface area contributed by atoms with E-state index in [0.29, 0.717) is 24.9 Å². The van der Waals surface area contributed by atoms with E-state index in [9.17, 15) is 13.2 Å². The molecule has 1 fully saturated rings. The molecule has 12 heavy (non-hydrogen) atoms. The maximum Gasteiger partial charge on any atom is 0.401 e. The summed E-state index contributed by atoms with van der Waals surface area (Å²) in [6.45, 7) is 4.58. The molecule has 72 valence electrons. The molecule has 0 radical (unpaired) electrons. The van der Waals surface area contributed by atoms with Crippen molar-refractivity contribution in [2.75, 3.05) is 19.6 Å². The van der Waals surface area contributed by atoms with Gasteiger partial charge in [0.25, 0.3) is 0 Å². The molecule has 0 spiro atoms. The Labute approximate surface area is 70.5 Å². The SMILES string of the molecule is CC(C)C1CN(CC(F)(F)F)C1. The van der Waals surface area contributed by atoms with E-state index in [1.807, 2.05) is 0 Å². The monoisotopic (exact) mass is 181 g/mol. The summed E-state index contributed by atoms with van der Waals surface area (Å²) in [5, 5.41) is 0. The lowest BCUT2D eigenvalue weighted by molar-refractivity contribution is -0.160. The summed E-state index contributed by atoms with van der Waals surface area (Å²) in [6.07, 6.45) is -4.03. The van der Waals surface area contributed by atoms with Crippen LogP contribution in [0.1, 0.15) is 13.8 Å². The van der Waals surface area contributed by atoms with Crippen molar-refractivity contribution in [3.8, 4) is 0 Å². The quantitative estimate of drug-likeness (QED) is 0.630. The van der Waals surface area contributed by atoms with Crippen molar-refractivity contribution in [3.63, 3.8) is 0 Å². The minimum absolute atomic E-state index is 0.465. The summed E-state index contributed by atoms with van der Waals surface area (Å²) in [6, 6.07) is 0. The number of hydrogen-bond donors (Lipinski definition) is 0. The summed E-state index contributed by atoms with van der Waals surface area (Å²) in [7, 11) is 0. The van der Waals surface area contributed by atoms with Crippen LogP contribution in [-0.4, -0.2) is 30.7 Å². The third-order valence-electron chi connectivity index (χ3n) is 2.33. The Kier molecular flexibility index (Phi) is 2.66. The molecule has 0 aromatic rings. The van der Waals surface area contributed by atoms with E-state index >= 15 is 0 Å². The van der Waals surface area contributed by atoms with Crippen LogP contribution in [0.4, 0.5) is 13.2 Å². The minimum atomic E-state index is -4.03. The zero-order valence-electron chi connectivity index (χ0n) is 7.36. The number of halogens is 3. The van der Waals surface area contributed by atoms with Crippen LogP contribution in [0, 0.1) is 11.8 Å². The Hall–Kier alpha value is -0.250. The third-order valence-corrected chi connectivity index (χ3v) is 2.33. The van der Waals surface area contributed by atoms with Gasteiger partial charge in [-0.05, 0) is 11.8 Å². The summed E-state index contributed by atoms with van der Waals surface area (Å²) < 4.78 is 35.4. The van der Waals surface area contributed by atoms with Crippen LogP contribution in [0.5, 0.6) is 0 Å². The number of nitrogens with zero attached hydrogens (tertiary/aromatic N) is 1. The number of hydrogen-bond acceptors (Lipinski definition) is 1. The summed E-state index contributed by atoms with van der Waals surface area (Å²) >= 11 is 0. The average Bonchev–Trinajstić information content (AvgIpc) is 1.74. The highest BCUT2D eigenvalue weighted by Gasteiger charge is 2.37. The predicted molar refractivity (Wildman–Crippen MR) is 40.8 cm³/mol. The maximum absolute atomic E-state index is 11.8. The second-order valence-electron chi connectivity index (χ2n) is 3.81. The largest absolute Gasteiger partial charge is 0.401 e. The molecule has 0 N–H and O–H groups in total. The molecule has 1 heterocycles. The lowest BCUT2D eigenvalue weighted by Crippen LogP contribution is -2.52. The molecule has 4 heteroatoms. The lowest BCUT2D eigenvalue weighted by Gasteiger charge is -2.41. The van der Waals surface area contributed by atoms with E-state index in [4.69, 9.17) is 0 Å². The van der Waals surface area contributed by atoms with Crippen LogP contribution in [0.3, 0.4) is 0 Å². The van der Waals surface area contributed by atoms with Gasteiger partial charge in [-0.25, -0.2) is 0 Å². The van der Waals surface area contributed by atoms with Crippen molar-refractivity contribution in [2.24, 2.45) is 11.8 Å². The summed E-state index contributed by atoms with van der Waals surface area (Å²) in [4.78, 5) is 1.45. The molecule has 0 unspecified atom stereocenters. The normalized spacial score (nSPS) is 21.5. The molecule has 0 atom stereocenters. The molecule has 0 bridgehead atoms. The zero-order valence-corrected chi connectivity index (χ0v) is 7.36. The van der Waals surface area contributed by atoms with E-state index in [-0.39, 0.29) is 0 Å². The first kappa shape index (κ1) is 9.84. The van der Waals surface area contributed by atoms with Gasteiger partial charge in [-0.15, -0.1) is 0 Å². The fourth-order valence-corrected chi connectivity index (χ4v) is 1.41. The fraction of sp³-hybridized carbons (Fsp3) is 1.00. The average molecular weight is 181 g/mol. The molecule has 1 aliphatic heterocycles. The third kappa shape index (κ3) is 2.66. The minimum Gasteiger partial charge on any atom is -0.294 e. The fourth-order valence-electron chi connectivity index (χ4n) is 1.41. The van der Waals surface area contributed by atoms with Crippen molar-refractivity contribution in [3.05, 3.63) is 0 Å². The van der Waals surface area contributed by atoms with Gasteiger partial charge in [0, 0.05) is 13.1 Å². The Morgan fingerprint density at radius 3 is 2.17 bits per heavy atom. The second kappa shape index (κ2) is 3.24. The highest BCUT2D eigenvalue weighted by Crippen LogP contribution is 2.27. The standard InChI is InChI=1S/C8H14F3N/c1-6(2)7-3-12(4-7)5-8(9,10)11/h6-7H,3-5H2,1-2H3. The highest BCUT2D eigenvalue weighted by atomic mass is 19.4. The van der Waals surface area contributed by atoms with Crippen LogP contribution < -0.4 is 0 Å². The van der Waals surface area contributed by atoms with Crippen molar-refractivity contribution in [1.29, 1.82) is 0 Å². The van der Waals surface area contributed by atoms with Gasteiger partial charge in [0.1, 0.15) is 0 Å². The van der Waals surface area contributed by atoms with E-state index < -0.39 is 12.7 Å². The Bertz CT molecular complexity index is 147. The molecule has 1 aliphatic rings. The van der Waals surface area contributed by atoms with Gasteiger partial charge in [0.05, 0.1) is 6.54 Å². The Morgan fingerprint density at radius 2 is 1.83 bits per heavy atom. The smallest absolute Gasteiger partial charge is 0.294 e. The van der Waals surface area contributed by atoms with Crippen LogP contribution in [-0.2, 0) is 0 Å². The van der Waals surface area contributed by atoms with Gasteiger partial charge in [0.2, 0.25) is 0 Å². The van der Waals surface area contributed by atoms with Crippen LogP contribution >= 0.6 is 0 Å². The molecule has 0 aromatic carbocycles. The number of rotatable bonds is 2. The zero-order chi connectivity index (χ0) is 9.35. The van der Waals surface area contributed by atoms with Gasteiger partial charge in [-0.1, -0.05) is 13.8 Å². The van der Waals surface area contributed by atoms with Gasteiger partial charge in [-0.2, -0.15) is 13.2 Å². The molecule has 0 aromatic heterocycles. The molecule has 0 amide bonds. The van der Waals surface area contributed by atoms with Crippen LogP contribution in [0.15, 0.2) is 0 Å². The van der Waals surface area contributed by atoms with Crippen LogP contribution in [0.2, 0.25) is 0 Å². The molecule has 1 nitrogen and oxygen atoms in total. The molecular formula is C8H14F3N. The van der Waals surface area contributed by atoms with Gasteiger partial charge in [0.15, 0.2) is 0 Å². The van der Waals surface area contributed by atoms with E-state index in [1.165, 1.54) is 4.90 Å². The summed E-state index contributed by atoms with van der Waals surface area (Å²) in [5.74, 6) is 0.974. The number of likely N-dealkylation sites (tertiary alicyclic amines) is 1. The Balaban J connectivity index is 2.18. The summed E-state index contributed by atoms with van der Waals surface area (Å²) in [5.41, 5.74) is 0. The molecule has 1 saturated heterocycles. The molecular weight excluding hydrogens is 167 g/mol. The number of alkyl halides is 3. The second-order valence-corrected chi connectivity index (χ2v) is 3.81. The van der Waals surface area contributed by atoms with Gasteiger partial charge >= 0.3 is 6.18 Å².